The zero-order chi connectivity index (χ0) is 13.0. The molecule has 0 radical (unpaired) electrons. The number of ether oxygens (including phenoxy) is 2. The van der Waals surface area contributed by atoms with Crippen molar-refractivity contribution in [1.29, 1.82) is 0 Å². The average molecular weight is 267 g/mol. The predicted molar refractivity (Wildman–Crippen MR) is 73.0 cm³/mol. The molecule has 1 aliphatic rings. The van der Waals surface area contributed by atoms with Gasteiger partial charge < -0.3 is 14.8 Å². The number of rotatable bonds is 4. The van der Waals surface area contributed by atoms with Gasteiger partial charge >= 0.3 is 0 Å². The molecule has 98 valence electrons. The largest absolute Gasteiger partial charge is 0.497 e. The predicted octanol–water partition coefficient (Wildman–Crippen LogP) is 1.59. The minimum Gasteiger partial charge on any atom is -0.497 e. The van der Waals surface area contributed by atoms with Crippen LogP contribution < -0.4 is 14.8 Å². The lowest BCUT2D eigenvalue weighted by Gasteiger charge is -2.22. The third kappa shape index (κ3) is 2.79. The molecule has 1 aromatic carbocycles. The quantitative estimate of drug-likeness (QED) is 0.840. The van der Waals surface area contributed by atoms with E-state index in [1.165, 1.54) is 0 Å². The van der Waals surface area contributed by atoms with E-state index in [1.807, 2.05) is 0 Å². The van der Waals surface area contributed by atoms with Crippen LogP contribution in [0.25, 0.3) is 0 Å². The molecular weight excluding hydrogens is 250 g/mol. The van der Waals surface area contributed by atoms with Gasteiger partial charge in [-0.3, -0.25) is 4.79 Å². The Morgan fingerprint density at radius 1 is 1.39 bits per heavy atom. The maximum atomic E-state index is 12.4. The average Bonchev–Trinajstić information content (AvgIpc) is 2.46. The van der Waals surface area contributed by atoms with E-state index in [-0.39, 0.29) is 11.8 Å². The van der Waals surface area contributed by atoms with Crippen molar-refractivity contribution < 1.29 is 14.3 Å². The molecule has 4 nitrogen and oxygen atoms in total. The second kappa shape index (κ2) is 6.11. The Morgan fingerprint density at radius 2 is 2.22 bits per heavy atom. The highest BCUT2D eigenvalue weighted by Crippen LogP contribution is 2.26. The number of ketones is 1. The molecule has 1 fully saturated rings. The van der Waals surface area contributed by atoms with Crippen LogP contribution >= 0.6 is 11.8 Å². The first kappa shape index (κ1) is 13.2. The molecule has 1 N–H and O–H groups in total. The molecule has 1 aromatic rings. The van der Waals surface area contributed by atoms with Gasteiger partial charge in [0.05, 0.1) is 25.8 Å². The number of carbonyl (C=O) groups is 1. The van der Waals surface area contributed by atoms with Crippen molar-refractivity contribution in [3.63, 3.8) is 0 Å². The highest BCUT2D eigenvalue weighted by molar-refractivity contribution is 7.99. The number of Topliss-reactive ketones (excluding diaryl/α,β-unsaturated/α-hetero) is 1. The Labute approximate surface area is 111 Å². The Morgan fingerprint density at radius 3 is 2.83 bits per heavy atom. The lowest BCUT2D eigenvalue weighted by Crippen LogP contribution is -2.43. The van der Waals surface area contributed by atoms with Crippen molar-refractivity contribution in [3.05, 3.63) is 23.8 Å². The van der Waals surface area contributed by atoms with E-state index < -0.39 is 0 Å². The second-order valence-electron chi connectivity index (χ2n) is 4.01. The lowest BCUT2D eigenvalue weighted by molar-refractivity contribution is 0.0949. The van der Waals surface area contributed by atoms with Crippen molar-refractivity contribution in [1.82, 2.24) is 5.32 Å². The van der Waals surface area contributed by atoms with Gasteiger partial charge in [-0.05, 0) is 18.2 Å². The minimum atomic E-state index is -0.134. The number of hydrogen-bond acceptors (Lipinski definition) is 5. The summed E-state index contributed by atoms with van der Waals surface area (Å²) in [5.41, 5.74) is 0.580. The normalized spacial score (nSPS) is 19.3. The van der Waals surface area contributed by atoms with Gasteiger partial charge in [0.15, 0.2) is 5.78 Å². The summed E-state index contributed by atoms with van der Waals surface area (Å²) in [5.74, 6) is 3.19. The molecule has 1 aliphatic heterocycles. The maximum absolute atomic E-state index is 12.4. The Hall–Kier alpha value is -1.20. The number of carbonyl (C=O) groups excluding carboxylic acids is 1. The topological polar surface area (TPSA) is 47.6 Å². The van der Waals surface area contributed by atoms with E-state index >= 15 is 0 Å². The number of thioether (sulfide) groups is 1. The zero-order valence-corrected chi connectivity index (χ0v) is 11.4. The molecule has 1 atom stereocenters. The van der Waals surface area contributed by atoms with Crippen molar-refractivity contribution in [2.45, 2.75) is 6.04 Å². The maximum Gasteiger partial charge on any atom is 0.184 e. The summed E-state index contributed by atoms with van der Waals surface area (Å²) in [5, 5.41) is 3.24. The van der Waals surface area contributed by atoms with Crippen LogP contribution in [0.15, 0.2) is 18.2 Å². The molecule has 2 rings (SSSR count). The molecule has 1 unspecified atom stereocenters. The number of benzene rings is 1. The summed E-state index contributed by atoms with van der Waals surface area (Å²) in [6.45, 7) is 0.868. The van der Waals surface area contributed by atoms with Crippen LogP contribution in [0, 0.1) is 0 Å². The van der Waals surface area contributed by atoms with Gasteiger partial charge in [-0.25, -0.2) is 0 Å². The Balaban J connectivity index is 2.26. The number of hydrogen-bond donors (Lipinski definition) is 1. The summed E-state index contributed by atoms with van der Waals surface area (Å²) in [4.78, 5) is 12.4. The van der Waals surface area contributed by atoms with Gasteiger partial charge in [-0.2, -0.15) is 11.8 Å². The number of methoxy groups -OCH3 is 2. The fourth-order valence-corrected chi connectivity index (χ4v) is 2.86. The third-order valence-electron chi connectivity index (χ3n) is 2.91. The Kier molecular flexibility index (Phi) is 4.49. The lowest BCUT2D eigenvalue weighted by atomic mass is 10.0. The molecule has 1 heterocycles. The minimum absolute atomic E-state index is 0.0675. The molecular formula is C13H17NO3S. The van der Waals surface area contributed by atoms with E-state index in [0.717, 1.165) is 18.1 Å². The summed E-state index contributed by atoms with van der Waals surface area (Å²) in [6.07, 6.45) is 0. The van der Waals surface area contributed by atoms with Crippen LogP contribution in [-0.4, -0.2) is 44.1 Å². The molecule has 0 amide bonds. The van der Waals surface area contributed by atoms with E-state index in [2.05, 4.69) is 5.32 Å². The van der Waals surface area contributed by atoms with Gasteiger partial charge in [-0.1, -0.05) is 0 Å². The molecule has 0 aliphatic carbocycles. The van der Waals surface area contributed by atoms with Crippen molar-refractivity contribution in [2.24, 2.45) is 0 Å². The summed E-state index contributed by atoms with van der Waals surface area (Å²) in [6, 6.07) is 5.16. The number of nitrogens with one attached hydrogen (secondary N) is 1. The van der Waals surface area contributed by atoms with E-state index in [1.54, 1.807) is 44.2 Å². The van der Waals surface area contributed by atoms with Gasteiger partial charge in [0.2, 0.25) is 0 Å². The SMILES string of the molecule is COc1ccc(OC)c(C(=O)C2CSCCN2)c1. The first-order valence-corrected chi connectivity index (χ1v) is 6.99. The van der Waals surface area contributed by atoms with Gasteiger partial charge in [0.25, 0.3) is 0 Å². The molecule has 0 bridgehead atoms. The standard InChI is InChI=1S/C13H17NO3S/c1-16-9-3-4-12(17-2)10(7-9)13(15)11-8-18-6-5-14-11/h3-4,7,11,14H,5-6,8H2,1-2H3. The van der Waals surface area contributed by atoms with Crippen molar-refractivity contribution >= 4 is 17.5 Å². The van der Waals surface area contributed by atoms with Crippen LogP contribution in [0.5, 0.6) is 11.5 Å². The molecule has 18 heavy (non-hydrogen) atoms. The highest BCUT2D eigenvalue weighted by Gasteiger charge is 2.25. The van der Waals surface area contributed by atoms with Crippen LogP contribution in [0.2, 0.25) is 0 Å². The smallest absolute Gasteiger partial charge is 0.184 e. The van der Waals surface area contributed by atoms with E-state index in [4.69, 9.17) is 9.47 Å². The van der Waals surface area contributed by atoms with E-state index in [0.29, 0.717) is 17.1 Å². The molecule has 1 saturated heterocycles. The van der Waals surface area contributed by atoms with Crippen LogP contribution in [0.1, 0.15) is 10.4 Å². The van der Waals surface area contributed by atoms with Gasteiger partial charge in [0, 0.05) is 18.1 Å². The fraction of sp³-hybridized carbons (Fsp3) is 0.462. The van der Waals surface area contributed by atoms with Crippen LogP contribution in [0.4, 0.5) is 0 Å². The third-order valence-corrected chi connectivity index (χ3v) is 3.97. The van der Waals surface area contributed by atoms with Gasteiger partial charge in [-0.15, -0.1) is 0 Å². The molecule has 5 heteroatoms. The second-order valence-corrected chi connectivity index (χ2v) is 5.16. The first-order valence-electron chi connectivity index (χ1n) is 5.83. The summed E-state index contributed by atoms with van der Waals surface area (Å²) in [7, 11) is 3.16. The van der Waals surface area contributed by atoms with Crippen LogP contribution in [0.3, 0.4) is 0 Å². The van der Waals surface area contributed by atoms with Crippen molar-refractivity contribution in [2.75, 3.05) is 32.3 Å². The molecule has 0 spiro atoms. The summed E-state index contributed by atoms with van der Waals surface area (Å²) >= 11 is 1.79. The first-order chi connectivity index (χ1) is 8.76. The van der Waals surface area contributed by atoms with Gasteiger partial charge in [0.1, 0.15) is 11.5 Å². The monoisotopic (exact) mass is 267 g/mol. The van der Waals surface area contributed by atoms with Crippen LogP contribution in [-0.2, 0) is 0 Å². The van der Waals surface area contributed by atoms with Crippen molar-refractivity contribution in [3.8, 4) is 11.5 Å². The fourth-order valence-electron chi connectivity index (χ4n) is 1.93. The van der Waals surface area contributed by atoms with E-state index in [9.17, 15) is 4.79 Å². The Bertz CT molecular complexity index is 430. The zero-order valence-electron chi connectivity index (χ0n) is 10.6. The molecule has 0 aromatic heterocycles. The molecule has 0 saturated carbocycles. The highest BCUT2D eigenvalue weighted by atomic mass is 32.2. The summed E-state index contributed by atoms with van der Waals surface area (Å²) < 4.78 is 10.4.